The fourth-order valence-electron chi connectivity index (χ4n) is 0.130. The van der Waals surface area contributed by atoms with Gasteiger partial charge in [0.05, 0.1) is 13.0 Å². The van der Waals surface area contributed by atoms with Gasteiger partial charge in [-0.2, -0.15) is 13.9 Å². The third-order valence-corrected chi connectivity index (χ3v) is 0.403. The van der Waals surface area contributed by atoms with Crippen LogP contribution in [0.1, 0.15) is 6.42 Å². The topological polar surface area (TPSA) is 40.1 Å². The average Bonchev–Trinajstić information content (AvgIpc) is 1.30. The molecule has 1 N–H and O–H groups in total. The quantitative estimate of drug-likeness (QED) is 0.550. The fourth-order valence-corrected chi connectivity index (χ4v) is 0.130. The van der Waals surface area contributed by atoms with E-state index in [0.717, 1.165) is 0 Å². The van der Waals surface area contributed by atoms with E-state index in [-0.39, 0.29) is 0 Å². The van der Waals surface area contributed by atoms with Crippen LogP contribution in [0, 0.1) is 0 Å². The van der Waals surface area contributed by atoms with Crippen molar-refractivity contribution < 1.29 is 19.0 Å². The third kappa shape index (κ3) is 5.78. The molecule has 0 atom stereocenters. The number of rotatable bonds is 2. The third-order valence-electron chi connectivity index (χ3n) is 0.403. The van der Waals surface area contributed by atoms with E-state index >= 15 is 0 Å². The Kier molecular flexibility index (Phi) is 2.11. The van der Waals surface area contributed by atoms with Crippen molar-refractivity contribution in [2.24, 2.45) is 0 Å². The molecule has 0 saturated heterocycles. The Balaban J connectivity index is 3.15. The van der Waals surface area contributed by atoms with Gasteiger partial charge in [-0.25, -0.2) is 0 Å². The van der Waals surface area contributed by atoms with Crippen molar-refractivity contribution in [3.8, 4) is 0 Å². The Morgan fingerprint density at radius 2 is 2.00 bits per heavy atom. The van der Waals surface area contributed by atoms with E-state index in [1.165, 1.54) is 0 Å². The molecule has 0 aliphatic carbocycles. The highest BCUT2D eigenvalue weighted by Crippen LogP contribution is 2.12. The van der Waals surface area contributed by atoms with Crippen LogP contribution in [-0.2, 0) is 5.11 Å². The molecular weight excluding hydrogens is 106 g/mol. The minimum atomic E-state index is -3.95. The summed E-state index contributed by atoms with van der Waals surface area (Å²) in [5, 5.41) is 16.9. The summed E-state index contributed by atoms with van der Waals surface area (Å²) in [6, 6.07) is 0. The van der Waals surface area contributed by atoms with Crippen LogP contribution >= 0.6 is 0 Å². The SMILES string of the molecule is [O]C(F)(F)CCO. The first-order valence-electron chi connectivity index (χ1n) is 1.75. The summed E-state index contributed by atoms with van der Waals surface area (Å²) in [6.07, 6.45) is -4.94. The Morgan fingerprint density at radius 3 is 2.00 bits per heavy atom. The zero-order valence-electron chi connectivity index (χ0n) is 3.53. The highest BCUT2D eigenvalue weighted by Gasteiger charge is 2.25. The molecule has 0 amide bonds. The Labute approximate surface area is 39.4 Å². The zero-order chi connectivity index (χ0) is 5.91. The van der Waals surface area contributed by atoms with E-state index in [2.05, 4.69) is 0 Å². The fraction of sp³-hybridized carbons (Fsp3) is 1.00. The van der Waals surface area contributed by atoms with Crippen molar-refractivity contribution in [1.82, 2.24) is 0 Å². The van der Waals surface area contributed by atoms with Gasteiger partial charge in [-0.05, 0) is 0 Å². The molecule has 43 valence electrons. The van der Waals surface area contributed by atoms with Crippen molar-refractivity contribution in [3.05, 3.63) is 0 Å². The maximum Gasteiger partial charge on any atom is 0.383 e. The lowest BCUT2D eigenvalue weighted by Gasteiger charge is -1.99. The van der Waals surface area contributed by atoms with Crippen molar-refractivity contribution in [3.63, 3.8) is 0 Å². The molecule has 1 radical (unpaired) electrons. The lowest BCUT2D eigenvalue weighted by atomic mass is 10.4. The minimum absolute atomic E-state index is 0.753. The molecule has 2 nitrogen and oxygen atoms in total. The maximum absolute atomic E-state index is 11.0. The average molecular weight is 111 g/mol. The molecule has 0 rings (SSSR count). The summed E-state index contributed by atoms with van der Waals surface area (Å²) >= 11 is 0. The standard InChI is InChI=1S/C3H5F2O2/c4-3(5,7)1-2-6/h6H,1-2H2. The van der Waals surface area contributed by atoms with Crippen molar-refractivity contribution in [1.29, 1.82) is 0 Å². The van der Waals surface area contributed by atoms with E-state index < -0.39 is 19.1 Å². The molecule has 0 spiro atoms. The van der Waals surface area contributed by atoms with Gasteiger partial charge in [-0.3, -0.25) is 0 Å². The van der Waals surface area contributed by atoms with Gasteiger partial charge in [0.15, 0.2) is 0 Å². The smallest absolute Gasteiger partial charge is 0.383 e. The molecule has 0 aromatic carbocycles. The van der Waals surface area contributed by atoms with Gasteiger partial charge in [-0.15, -0.1) is 0 Å². The zero-order valence-corrected chi connectivity index (χ0v) is 3.53. The van der Waals surface area contributed by atoms with Crippen molar-refractivity contribution in [2.75, 3.05) is 6.61 Å². The number of halogens is 2. The first-order valence-corrected chi connectivity index (χ1v) is 1.75. The van der Waals surface area contributed by atoms with Gasteiger partial charge in [0.1, 0.15) is 0 Å². The van der Waals surface area contributed by atoms with Crippen LogP contribution in [-0.4, -0.2) is 17.8 Å². The summed E-state index contributed by atoms with van der Waals surface area (Å²) in [4.78, 5) is 0. The number of aliphatic hydroxyl groups excluding tert-OH is 1. The Hall–Kier alpha value is -0.220. The molecule has 0 heterocycles. The van der Waals surface area contributed by atoms with Gasteiger partial charge in [0.25, 0.3) is 0 Å². The highest BCUT2D eigenvalue weighted by molar-refractivity contribution is 4.43. The van der Waals surface area contributed by atoms with E-state index in [1.54, 1.807) is 0 Å². The monoisotopic (exact) mass is 111 g/mol. The maximum atomic E-state index is 11.0. The van der Waals surface area contributed by atoms with Crippen LogP contribution in [0.2, 0.25) is 0 Å². The van der Waals surface area contributed by atoms with Crippen LogP contribution in [0.4, 0.5) is 8.78 Å². The predicted molar refractivity (Wildman–Crippen MR) is 17.3 cm³/mol. The molecule has 0 saturated carbocycles. The summed E-state index contributed by atoms with van der Waals surface area (Å²) in [5.74, 6) is 0. The molecule has 7 heavy (non-hydrogen) atoms. The number of alkyl halides is 2. The molecule has 0 unspecified atom stereocenters. The molecule has 0 aliphatic rings. The molecular formula is C3H5F2O2. The number of aliphatic hydroxyl groups is 1. The van der Waals surface area contributed by atoms with E-state index in [9.17, 15) is 13.9 Å². The molecule has 0 bridgehead atoms. The van der Waals surface area contributed by atoms with Gasteiger partial charge >= 0.3 is 6.11 Å². The molecule has 4 heteroatoms. The molecule has 0 aromatic rings. The lowest BCUT2D eigenvalue weighted by Crippen LogP contribution is -2.13. The number of hydrogen-bond acceptors (Lipinski definition) is 1. The Bertz CT molecular complexity index is 49.4. The summed E-state index contributed by atoms with van der Waals surface area (Å²) in [6.45, 7) is -0.753. The van der Waals surface area contributed by atoms with Crippen molar-refractivity contribution >= 4 is 0 Å². The van der Waals surface area contributed by atoms with E-state index in [1.807, 2.05) is 0 Å². The van der Waals surface area contributed by atoms with Gasteiger partial charge < -0.3 is 5.11 Å². The number of hydrogen-bond donors (Lipinski definition) is 1. The lowest BCUT2D eigenvalue weighted by molar-refractivity contribution is -0.248. The summed E-state index contributed by atoms with van der Waals surface area (Å²) in [5.41, 5.74) is 0. The minimum Gasteiger partial charge on any atom is -0.396 e. The highest BCUT2D eigenvalue weighted by atomic mass is 19.3. The van der Waals surface area contributed by atoms with Crippen molar-refractivity contribution in [2.45, 2.75) is 12.5 Å². The second kappa shape index (κ2) is 2.18. The van der Waals surface area contributed by atoms with E-state index in [4.69, 9.17) is 5.11 Å². The summed E-state index contributed by atoms with van der Waals surface area (Å²) in [7, 11) is 0. The molecule has 0 fully saturated rings. The van der Waals surface area contributed by atoms with Gasteiger partial charge in [0.2, 0.25) is 0 Å². The second-order valence-electron chi connectivity index (χ2n) is 1.11. The van der Waals surface area contributed by atoms with Crippen LogP contribution in [0.5, 0.6) is 0 Å². The second-order valence-corrected chi connectivity index (χ2v) is 1.11. The summed E-state index contributed by atoms with van der Waals surface area (Å²) < 4.78 is 22.0. The molecule has 0 aromatic heterocycles. The normalized spacial score (nSPS) is 12.0. The molecule has 0 aliphatic heterocycles. The van der Waals surface area contributed by atoms with Gasteiger partial charge in [0, 0.05) is 0 Å². The van der Waals surface area contributed by atoms with Gasteiger partial charge in [-0.1, -0.05) is 0 Å². The van der Waals surface area contributed by atoms with Crippen LogP contribution in [0.25, 0.3) is 0 Å². The van der Waals surface area contributed by atoms with Crippen LogP contribution in [0.15, 0.2) is 0 Å². The van der Waals surface area contributed by atoms with Crippen LogP contribution in [0.3, 0.4) is 0 Å². The predicted octanol–water partition coefficient (Wildman–Crippen LogP) is 0.392. The largest absolute Gasteiger partial charge is 0.396 e. The Morgan fingerprint density at radius 1 is 1.57 bits per heavy atom. The van der Waals surface area contributed by atoms with Crippen LogP contribution < -0.4 is 0 Å². The first-order chi connectivity index (χ1) is 3.06. The van der Waals surface area contributed by atoms with E-state index in [0.29, 0.717) is 0 Å². The first kappa shape index (κ1) is 6.78.